The Labute approximate surface area is 119 Å². The molecule has 1 amide bonds. The molecule has 2 unspecified atom stereocenters. The minimum atomic E-state index is -2.97. The number of rotatable bonds is 3. The number of likely N-dealkylation sites (tertiary alicyclic amines) is 1. The van der Waals surface area contributed by atoms with E-state index in [2.05, 4.69) is 0 Å². The molecule has 0 aliphatic carbocycles. The Morgan fingerprint density at radius 2 is 2.00 bits per heavy atom. The average Bonchev–Trinajstić information content (AvgIpc) is 2.77. The molecular formula is C13H21NO5S. The van der Waals surface area contributed by atoms with Gasteiger partial charge < -0.3 is 9.64 Å². The van der Waals surface area contributed by atoms with Crippen molar-refractivity contribution in [2.75, 3.05) is 25.2 Å². The van der Waals surface area contributed by atoms with Crippen LogP contribution in [0.5, 0.6) is 0 Å². The molecule has 2 fully saturated rings. The molecule has 6 nitrogen and oxygen atoms in total. The largest absolute Gasteiger partial charge is 0.467 e. The molecular weight excluding hydrogens is 282 g/mol. The van der Waals surface area contributed by atoms with Crippen molar-refractivity contribution in [3.63, 3.8) is 0 Å². The lowest BCUT2D eigenvalue weighted by Crippen LogP contribution is -2.48. The number of carbonyl (C=O) groups excluding carboxylic acids is 2. The van der Waals surface area contributed by atoms with Crippen LogP contribution in [-0.2, 0) is 24.2 Å². The van der Waals surface area contributed by atoms with E-state index >= 15 is 0 Å². The molecule has 2 atom stereocenters. The van der Waals surface area contributed by atoms with Gasteiger partial charge >= 0.3 is 5.97 Å². The Kier molecular flexibility index (Phi) is 4.67. The average molecular weight is 303 g/mol. The summed E-state index contributed by atoms with van der Waals surface area (Å²) in [6, 6.07) is -0.501. The number of sulfone groups is 1. The molecule has 2 heterocycles. The molecule has 2 aliphatic rings. The van der Waals surface area contributed by atoms with Gasteiger partial charge in [0.25, 0.3) is 0 Å². The van der Waals surface area contributed by atoms with Crippen LogP contribution in [0.15, 0.2) is 0 Å². The van der Waals surface area contributed by atoms with Gasteiger partial charge in [-0.2, -0.15) is 0 Å². The highest BCUT2D eigenvalue weighted by atomic mass is 32.2. The number of carbonyl (C=O) groups is 2. The second-order valence-electron chi connectivity index (χ2n) is 5.60. The summed E-state index contributed by atoms with van der Waals surface area (Å²) in [7, 11) is -1.65. The Bertz CT molecular complexity index is 487. The molecule has 0 radical (unpaired) electrons. The van der Waals surface area contributed by atoms with E-state index in [0.717, 1.165) is 12.8 Å². The number of hydrogen-bond donors (Lipinski definition) is 0. The van der Waals surface area contributed by atoms with Gasteiger partial charge in [0.1, 0.15) is 6.04 Å². The van der Waals surface area contributed by atoms with Gasteiger partial charge in [0, 0.05) is 13.0 Å². The third kappa shape index (κ3) is 3.50. The van der Waals surface area contributed by atoms with Crippen molar-refractivity contribution in [1.29, 1.82) is 0 Å². The van der Waals surface area contributed by atoms with Crippen molar-refractivity contribution in [2.24, 2.45) is 5.92 Å². The van der Waals surface area contributed by atoms with E-state index < -0.39 is 15.9 Å². The summed E-state index contributed by atoms with van der Waals surface area (Å²) in [5.74, 6) is -0.340. The third-order valence-electron chi connectivity index (χ3n) is 4.09. The normalized spacial score (nSPS) is 29.1. The molecule has 0 aromatic carbocycles. The molecule has 0 bridgehead atoms. The molecule has 0 aromatic heterocycles. The smallest absolute Gasteiger partial charge is 0.328 e. The van der Waals surface area contributed by atoms with Gasteiger partial charge in [-0.15, -0.1) is 0 Å². The molecule has 2 rings (SSSR count). The first-order valence-corrected chi connectivity index (χ1v) is 8.83. The van der Waals surface area contributed by atoms with Crippen LogP contribution in [0.4, 0.5) is 0 Å². The van der Waals surface area contributed by atoms with Crippen molar-refractivity contribution in [1.82, 2.24) is 4.90 Å². The standard InChI is InChI=1S/C13H21NO5S/c1-19-13(16)11-4-2-3-6-14(11)12(15)8-10-5-7-20(17,18)9-10/h10-11H,2-9H2,1H3. The van der Waals surface area contributed by atoms with Gasteiger partial charge in [-0.3, -0.25) is 4.79 Å². The fraction of sp³-hybridized carbons (Fsp3) is 0.846. The van der Waals surface area contributed by atoms with Gasteiger partial charge in [0.2, 0.25) is 5.91 Å². The maximum atomic E-state index is 12.3. The first-order chi connectivity index (χ1) is 9.43. The van der Waals surface area contributed by atoms with E-state index in [9.17, 15) is 18.0 Å². The van der Waals surface area contributed by atoms with Crippen LogP contribution >= 0.6 is 0 Å². The van der Waals surface area contributed by atoms with Crippen LogP contribution in [0.1, 0.15) is 32.1 Å². The van der Waals surface area contributed by atoms with Crippen LogP contribution in [0.25, 0.3) is 0 Å². The van der Waals surface area contributed by atoms with Crippen LogP contribution in [0, 0.1) is 5.92 Å². The number of amides is 1. The van der Waals surface area contributed by atoms with E-state index in [1.807, 2.05) is 0 Å². The van der Waals surface area contributed by atoms with Crippen molar-refractivity contribution < 1.29 is 22.7 Å². The van der Waals surface area contributed by atoms with Gasteiger partial charge in [-0.1, -0.05) is 0 Å². The van der Waals surface area contributed by atoms with Gasteiger partial charge in [-0.05, 0) is 31.6 Å². The third-order valence-corrected chi connectivity index (χ3v) is 5.92. The molecule has 7 heteroatoms. The zero-order chi connectivity index (χ0) is 14.8. The van der Waals surface area contributed by atoms with Crippen molar-refractivity contribution >= 4 is 21.7 Å². The summed E-state index contributed by atoms with van der Waals surface area (Å²) in [6.45, 7) is 0.554. The van der Waals surface area contributed by atoms with Crippen molar-refractivity contribution in [3.05, 3.63) is 0 Å². The molecule has 114 valence electrons. The summed E-state index contributed by atoms with van der Waals surface area (Å²) in [6.07, 6.45) is 3.17. The molecule has 0 aromatic rings. The molecule has 0 spiro atoms. The monoisotopic (exact) mass is 303 g/mol. The predicted octanol–water partition coefficient (Wildman–Crippen LogP) is 0.365. The summed E-state index contributed by atoms with van der Waals surface area (Å²) in [5.41, 5.74) is 0. The lowest BCUT2D eigenvalue weighted by atomic mass is 9.99. The van der Waals surface area contributed by atoms with Gasteiger partial charge in [0.15, 0.2) is 9.84 Å². The summed E-state index contributed by atoms with van der Waals surface area (Å²) in [4.78, 5) is 25.6. The topological polar surface area (TPSA) is 80.8 Å². The van der Waals surface area contributed by atoms with E-state index in [-0.39, 0.29) is 35.7 Å². The fourth-order valence-corrected chi connectivity index (χ4v) is 4.87. The first-order valence-electron chi connectivity index (χ1n) is 7.00. The highest BCUT2D eigenvalue weighted by Gasteiger charge is 2.36. The maximum Gasteiger partial charge on any atom is 0.328 e. The minimum Gasteiger partial charge on any atom is -0.467 e. The molecule has 2 saturated heterocycles. The zero-order valence-electron chi connectivity index (χ0n) is 11.7. The molecule has 2 aliphatic heterocycles. The predicted molar refractivity (Wildman–Crippen MR) is 72.7 cm³/mol. The lowest BCUT2D eigenvalue weighted by Gasteiger charge is -2.34. The first kappa shape index (κ1) is 15.3. The van der Waals surface area contributed by atoms with E-state index in [0.29, 0.717) is 19.4 Å². The zero-order valence-corrected chi connectivity index (χ0v) is 12.5. The summed E-state index contributed by atoms with van der Waals surface area (Å²) in [5, 5.41) is 0. The number of ether oxygens (including phenoxy) is 1. The van der Waals surface area contributed by atoms with Crippen LogP contribution < -0.4 is 0 Å². The fourth-order valence-electron chi connectivity index (χ4n) is 3.01. The quantitative estimate of drug-likeness (QED) is 0.703. The number of nitrogens with zero attached hydrogens (tertiary/aromatic N) is 1. The van der Waals surface area contributed by atoms with Crippen LogP contribution in [0.3, 0.4) is 0 Å². The number of methoxy groups -OCH3 is 1. The highest BCUT2D eigenvalue weighted by Crippen LogP contribution is 2.25. The minimum absolute atomic E-state index is 0.0927. The van der Waals surface area contributed by atoms with E-state index in [4.69, 9.17) is 4.74 Å². The molecule has 0 saturated carbocycles. The number of piperidine rings is 1. The van der Waals surface area contributed by atoms with Crippen LogP contribution in [0.2, 0.25) is 0 Å². The second-order valence-corrected chi connectivity index (χ2v) is 7.82. The number of esters is 1. The molecule has 0 N–H and O–H groups in total. The SMILES string of the molecule is COC(=O)C1CCCCN1C(=O)CC1CCS(=O)(=O)C1. The van der Waals surface area contributed by atoms with Crippen molar-refractivity contribution in [2.45, 2.75) is 38.1 Å². The Balaban J connectivity index is 1.98. The number of hydrogen-bond acceptors (Lipinski definition) is 5. The van der Waals surface area contributed by atoms with Crippen molar-refractivity contribution in [3.8, 4) is 0 Å². The summed E-state index contributed by atoms with van der Waals surface area (Å²) < 4.78 is 27.6. The highest BCUT2D eigenvalue weighted by molar-refractivity contribution is 7.91. The Morgan fingerprint density at radius 1 is 1.25 bits per heavy atom. The van der Waals surface area contributed by atoms with E-state index in [1.54, 1.807) is 4.90 Å². The van der Waals surface area contributed by atoms with Gasteiger partial charge in [0.05, 0.1) is 18.6 Å². The lowest BCUT2D eigenvalue weighted by molar-refractivity contribution is -0.155. The Hall–Kier alpha value is -1.11. The van der Waals surface area contributed by atoms with E-state index in [1.165, 1.54) is 7.11 Å². The molecule has 20 heavy (non-hydrogen) atoms. The summed E-state index contributed by atoms with van der Waals surface area (Å²) >= 11 is 0. The second kappa shape index (κ2) is 6.11. The maximum absolute atomic E-state index is 12.3. The van der Waals surface area contributed by atoms with Gasteiger partial charge in [-0.25, -0.2) is 13.2 Å². The Morgan fingerprint density at radius 3 is 2.60 bits per heavy atom. The van der Waals surface area contributed by atoms with Crippen LogP contribution in [-0.4, -0.2) is 56.4 Å².